The van der Waals surface area contributed by atoms with Gasteiger partial charge in [0.15, 0.2) is 6.67 Å². The minimum Gasteiger partial charge on any atom is -0.481 e. The highest BCUT2D eigenvalue weighted by Gasteiger charge is 2.39. The Bertz CT molecular complexity index is 1620. The fraction of sp³-hybridized carbons (Fsp3) is 0.471. The number of aliphatic carboxylic acids is 2. The highest BCUT2D eigenvalue weighted by Crippen LogP contribution is 2.25. The van der Waals surface area contributed by atoms with Crippen molar-refractivity contribution >= 4 is 58.5 Å². The number of fused-ring (bicyclic) bond motifs is 1. The number of primary amides is 1. The van der Waals surface area contributed by atoms with Gasteiger partial charge >= 0.3 is 11.9 Å². The van der Waals surface area contributed by atoms with Crippen molar-refractivity contribution in [3.63, 3.8) is 0 Å². The summed E-state index contributed by atoms with van der Waals surface area (Å²) in [7, 11) is 0. The zero-order valence-corrected chi connectivity index (χ0v) is 27.6. The Hall–Kier alpha value is -5.41. The maximum absolute atomic E-state index is 13.7. The monoisotopic (exact) mass is 699 g/mol. The van der Waals surface area contributed by atoms with Crippen LogP contribution in [0.5, 0.6) is 0 Å². The molecule has 50 heavy (non-hydrogen) atoms. The molecule has 270 valence electrons. The predicted octanol–water partition coefficient (Wildman–Crippen LogP) is 0.390. The third-order valence-corrected chi connectivity index (χ3v) is 8.58. The van der Waals surface area contributed by atoms with Crippen molar-refractivity contribution in [1.82, 2.24) is 20.9 Å². The Morgan fingerprint density at radius 3 is 2.22 bits per heavy atom. The van der Waals surface area contributed by atoms with Crippen LogP contribution in [-0.4, -0.2) is 100 Å². The second-order valence-corrected chi connectivity index (χ2v) is 12.3. The van der Waals surface area contributed by atoms with E-state index in [1.54, 1.807) is 6.92 Å². The smallest absolute Gasteiger partial charge is 0.305 e. The number of amides is 5. The van der Waals surface area contributed by atoms with Crippen LogP contribution >= 0.6 is 0 Å². The fourth-order valence-electron chi connectivity index (χ4n) is 6.04. The van der Waals surface area contributed by atoms with Gasteiger partial charge in [-0.05, 0) is 59.9 Å². The third kappa shape index (κ3) is 11.1. The summed E-state index contributed by atoms with van der Waals surface area (Å²) in [6, 6.07) is 5.95. The van der Waals surface area contributed by atoms with Gasteiger partial charge in [-0.15, -0.1) is 0 Å². The highest BCUT2D eigenvalue weighted by atomic mass is 19.1. The van der Waals surface area contributed by atoms with E-state index in [1.807, 2.05) is 36.4 Å². The maximum Gasteiger partial charge on any atom is 0.305 e. The van der Waals surface area contributed by atoms with Gasteiger partial charge in [0.25, 0.3) is 5.91 Å². The van der Waals surface area contributed by atoms with E-state index in [-0.39, 0.29) is 38.5 Å². The number of nitrogens with two attached hydrogens (primary N) is 1. The second kappa shape index (κ2) is 18.4. The first-order chi connectivity index (χ1) is 23.7. The molecule has 0 radical (unpaired) electrons. The van der Waals surface area contributed by atoms with Crippen molar-refractivity contribution in [3.8, 4) is 0 Å². The number of aryl methyl sites for hydroxylation is 1. The summed E-state index contributed by atoms with van der Waals surface area (Å²) in [4.78, 5) is 99.4. The first-order valence-electron chi connectivity index (χ1n) is 16.2. The number of nitrogens with zero attached hydrogens (tertiary/aromatic N) is 1. The molecule has 0 saturated carbocycles. The Kier molecular flexibility index (Phi) is 14.3. The van der Waals surface area contributed by atoms with Crippen molar-refractivity contribution in [3.05, 3.63) is 47.5 Å². The summed E-state index contributed by atoms with van der Waals surface area (Å²) < 4.78 is 13.4. The molecule has 3 rings (SSSR count). The standard InChI is InChI=1S/C34H42FN5O10/c1-19(8-9-22-13-20-5-2-3-6-21(20)14-23(22)15-27(36)42)31(39-28(43)17-35)33(49)38-25(10-11-29(44)45)34(50)40-12-4-7-26(40)32(48)37-24(18-41)16-30(46)47/h2-3,5-6,13-14,18-19,24-26,31H,4,7-12,15-17H2,1H3,(H2,36,42)(H,37,48)(H,38,49)(H,39,43)(H,44,45)(H,46,47)/t19-,24-,25-,26-,31-/m0/s1. The minimum atomic E-state index is -1.47. The number of alkyl halides is 1. The van der Waals surface area contributed by atoms with Gasteiger partial charge in [0, 0.05) is 13.0 Å². The number of carboxylic acids is 2. The first-order valence-corrected chi connectivity index (χ1v) is 16.2. The average Bonchev–Trinajstić information content (AvgIpc) is 3.57. The first kappa shape index (κ1) is 39.0. The number of aldehydes is 1. The summed E-state index contributed by atoms with van der Waals surface area (Å²) in [5.41, 5.74) is 6.94. The number of carbonyl (C=O) groups excluding carboxylic acids is 6. The van der Waals surface area contributed by atoms with Crippen molar-refractivity contribution < 1.29 is 53.0 Å². The number of hydrogen-bond donors (Lipinski definition) is 6. The third-order valence-electron chi connectivity index (χ3n) is 8.58. The fourth-order valence-corrected chi connectivity index (χ4v) is 6.04. The Balaban J connectivity index is 1.82. The summed E-state index contributed by atoms with van der Waals surface area (Å²) in [5, 5.41) is 27.3. The lowest BCUT2D eigenvalue weighted by molar-refractivity contribution is -0.144. The predicted molar refractivity (Wildman–Crippen MR) is 176 cm³/mol. The molecule has 1 fully saturated rings. The molecule has 7 N–H and O–H groups in total. The number of likely N-dealkylation sites (tertiary alicyclic amines) is 1. The van der Waals surface area contributed by atoms with E-state index < -0.39 is 91.1 Å². The average molecular weight is 700 g/mol. The van der Waals surface area contributed by atoms with Gasteiger partial charge in [-0.1, -0.05) is 43.3 Å². The van der Waals surface area contributed by atoms with E-state index in [9.17, 15) is 47.9 Å². The lowest BCUT2D eigenvalue weighted by Crippen LogP contribution is -2.58. The molecule has 1 heterocycles. The van der Waals surface area contributed by atoms with Crippen LogP contribution in [0.25, 0.3) is 10.8 Å². The van der Waals surface area contributed by atoms with Gasteiger partial charge in [-0.25, -0.2) is 4.39 Å². The van der Waals surface area contributed by atoms with Crippen molar-refractivity contribution in [2.45, 2.75) is 82.5 Å². The summed E-state index contributed by atoms with van der Waals surface area (Å²) in [6.45, 7) is 0.255. The molecular formula is C34H42FN5O10. The van der Waals surface area contributed by atoms with Gasteiger partial charge in [0.1, 0.15) is 24.4 Å². The van der Waals surface area contributed by atoms with Crippen LogP contribution in [0.3, 0.4) is 0 Å². The van der Waals surface area contributed by atoms with Gasteiger partial charge in [-0.3, -0.25) is 33.6 Å². The van der Waals surface area contributed by atoms with Crippen molar-refractivity contribution in [1.29, 1.82) is 0 Å². The number of hydrogen-bond acceptors (Lipinski definition) is 8. The maximum atomic E-state index is 13.7. The second-order valence-electron chi connectivity index (χ2n) is 12.3. The molecule has 0 bridgehead atoms. The van der Waals surface area contributed by atoms with E-state index >= 15 is 0 Å². The van der Waals surface area contributed by atoms with Crippen LogP contribution in [0.4, 0.5) is 4.39 Å². The summed E-state index contributed by atoms with van der Waals surface area (Å²) >= 11 is 0. The van der Waals surface area contributed by atoms with Crippen LogP contribution < -0.4 is 21.7 Å². The molecule has 5 atom stereocenters. The summed E-state index contributed by atoms with van der Waals surface area (Å²) in [6.07, 6.45) is -0.276. The van der Waals surface area contributed by atoms with Gasteiger partial charge in [0.05, 0.1) is 18.9 Å². The lowest BCUT2D eigenvalue weighted by atomic mass is 9.89. The largest absolute Gasteiger partial charge is 0.481 e. The minimum absolute atomic E-state index is 0.0324. The van der Waals surface area contributed by atoms with E-state index in [4.69, 9.17) is 10.8 Å². The molecular weight excluding hydrogens is 657 g/mol. The molecule has 2 aromatic rings. The van der Waals surface area contributed by atoms with E-state index in [2.05, 4.69) is 16.0 Å². The lowest BCUT2D eigenvalue weighted by Gasteiger charge is -2.31. The van der Waals surface area contributed by atoms with Crippen molar-refractivity contribution in [2.75, 3.05) is 13.2 Å². The molecule has 1 aliphatic heterocycles. The Morgan fingerprint density at radius 2 is 1.64 bits per heavy atom. The van der Waals surface area contributed by atoms with Crippen LogP contribution in [0.15, 0.2) is 36.4 Å². The molecule has 0 unspecified atom stereocenters. The van der Waals surface area contributed by atoms with Gasteiger partial charge in [0.2, 0.25) is 23.6 Å². The molecule has 0 aliphatic carbocycles. The number of carbonyl (C=O) groups is 8. The number of rotatable bonds is 19. The molecule has 1 aliphatic rings. The quantitative estimate of drug-likeness (QED) is 0.110. The van der Waals surface area contributed by atoms with E-state index in [0.29, 0.717) is 18.4 Å². The molecule has 0 aromatic heterocycles. The van der Waals surface area contributed by atoms with E-state index in [1.165, 1.54) is 0 Å². The van der Waals surface area contributed by atoms with Crippen LogP contribution in [0, 0.1) is 5.92 Å². The van der Waals surface area contributed by atoms with Gasteiger partial charge in [-0.2, -0.15) is 0 Å². The van der Waals surface area contributed by atoms with Crippen molar-refractivity contribution in [2.24, 2.45) is 11.7 Å². The highest BCUT2D eigenvalue weighted by molar-refractivity contribution is 5.95. The molecule has 5 amide bonds. The molecule has 1 saturated heterocycles. The van der Waals surface area contributed by atoms with Crippen LogP contribution in [0.1, 0.15) is 56.6 Å². The Labute approximate surface area is 287 Å². The number of nitrogens with one attached hydrogen (secondary N) is 3. The number of halogens is 1. The molecule has 16 heteroatoms. The summed E-state index contributed by atoms with van der Waals surface area (Å²) in [5.74, 6) is -7.36. The topological polar surface area (TPSA) is 242 Å². The van der Waals surface area contributed by atoms with Crippen LogP contribution in [-0.2, 0) is 51.2 Å². The van der Waals surface area contributed by atoms with E-state index in [0.717, 1.165) is 21.2 Å². The Morgan fingerprint density at radius 1 is 0.980 bits per heavy atom. The molecule has 15 nitrogen and oxygen atoms in total. The number of carboxylic acid groups (broad SMARTS) is 2. The number of benzene rings is 2. The normalized spacial score (nSPS) is 16.4. The zero-order valence-electron chi connectivity index (χ0n) is 27.6. The molecule has 2 aromatic carbocycles. The SMILES string of the molecule is C[C@@H](CCc1cc2ccccc2cc1CC(N)=O)[C@H](NC(=O)CF)C(=O)N[C@@H](CCC(=O)O)C(=O)N1CCC[C@H]1C(=O)N[C@H](C=O)CC(=O)O. The zero-order chi connectivity index (χ0) is 37.0. The molecule has 0 spiro atoms. The van der Waals surface area contributed by atoms with Gasteiger partial charge < -0.3 is 41.6 Å². The van der Waals surface area contributed by atoms with Crippen LogP contribution in [0.2, 0.25) is 0 Å².